The van der Waals surface area contributed by atoms with E-state index >= 15 is 0 Å². The Morgan fingerprint density at radius 2 is 1.40 bits per heavy atom. The van der Waals surface area contributed by atoms with E-state index in [1.807, 2.05) is 118 Å². The molecular weight excluding hydrogens is 1090 g/mol. The quantitative estimate of drug-likeness (QED) is 0.0717. The second kappa shape index (κ2) is 29.4. The summed E-state index contributed by atoms with van der Waals surface area (Å²) in [5.74, 6) is -4.68. The Morgan fingerprint density at radius 3 is 2.06 bits per heavy atom. The van der Waals surface area contributed by atoms with Crippen molar-refractivity contribution in [3.8, 4) is 22.5 Å². The predicted octanol–water partition coefficient (Wildman–Crippen LogP) is 1.60. The minimum absolute atomic E-state index is 0. The molecular formula is C64H75LiN10O11. The molecule has 2 aromatic heterocycles. The summed E-state index contributed by atoms with van der Waals surface area (Å²) >= 11 is 0. The van der Waals surface area contributed by atoms with Gasteiger partial charge in [-0.05, 0) is 135 Å². The molecule has 3 aliphatic heterocycles. The minimum Gasteiger partial charge on any atom is -0.548 e. The second-order valence-corrected chi connectivity index (χ2v) is 22.8. The van der Waals surface area contributed by atoms with Crippen molar-refractivity contribution in [3.05, 3.63) is 132 Å². The van der Waals surface area contributed by atoms with Crippen LogP contribution in [0.4, 0.5) is 0 Å². The van der Waals surface area contributed by atoms with Gasteiger partial charge in [-0.2, -0.15) is 0 Å². The number of carboxylic acid groups (broad SMARTS) is 1. The first-order valence-corrected chi connectivity index (χ1v) is 28.9. The fourth-order valence-corrected chi connectivity index (χ4v) is 10.5. The van der Waals surface area contributed by atoms with Gasteiger partial charge in [0, 0.05) is 47.4 Å². The number of ether oxygens (including phenoxy) is 1. The summed E-state index contributed by atoms with van der Waals surface area (Å²) in [5.41, 5.74) is 11.9. The monoisotopic (exact) mass is 1170 g/mol. The normalized spacial score (nSPS) is 20.4. The van der Waals surface area contributed by atoms with E-state index in [2.05, 4.69) is 42.1 Å². The number of carboxylic acids is 1. The van der Waals surface area contributed by atoms with Crippen LogP contribution in [0.2, 0.25) is 0 Å². The SMILES string of the molecule is CC(C)[C@@H]1NC(=O)Cc2cccc(c2)-c2cc3cc(ccc3cn2)[C@@H](C)OC(=O)[C@@H]2CCCN(N2)C(=O)[C@H](C)NC1=O.CC(C)[C@H](NC(=O)Cc1cccc(-c2cc3cc([C@@H](C)O)ccc3cn2)c1)C(=O)N[C@@H](C)C(=O)N1CCC[C@@H](C(=O)[O-])N1.[Li+]. The minimum atomic E-state index is -1.29. The molecule has 7 N–H and O–H groups in total. The summed E-state index contributed by atoms with van der Waals surface area (Å²) < 4.78 is 5.83. The second-order valence-electron chi connectivity index (χ2n) is 22.8. The van der Waals surface area contributed by atoms with E-state index < -0.39 is 78.1 Å². The van der Waals surface area contributed by atoms with Crippen molar-refractivity contribution in [2.45, 2.75) is 142 Å². The molecule has 86 heavy (non-hydrogen) atoms. The molecule has 7 bridgehead atoms. The van der Waals surface area contributed by atoms with Crippen molar-refractivity contribution in [2.75, 3.05) is 13.1 Å². The van der Waals surface area contributed by atoms with E-state index in [0.717, 1.165) is 66.3 Å². The van der Waals surface area contributed by atoms with Gasteiger partial charge in [-0.1, -0.05) is 88.4 Å². The van der Waals surface area contributed by atoms with E-state index in [1.54, 1.807) is 40.1 Å². The average Bonchev–Trinajstić information content (AvgIpc) is 1.74. The number of hydrogen-bond acceptors (Lipinski definition) is 15. The molecule has 6 amide bonds. The maximum absolute atomic E-state index is 13.2. The molecule has 2 fully saturated rings. The number of benzene rings is 4. The number of amides is 6. The van der Waals surface area contributed by atoms with Gasteiger partial charge in [-0.25, -0.2) is 10.9 Å². The molecule has 9 rings (SSSR count). The maximum atomic E-state index is 13.2. The number of aromatic nitrogens is 2. The molecule has 0 radical (unpaired) electrons. The number of pyridine rings is 2. The molecule has 5 heterocycles. The fourth-order valence-electron chi connectivity index (χ4n) is 10.5. The summed E-state index contributed by atoms with van der Waals surface area (Å²) in [6.45, 7) is 14.6. The van der Waals surface area contributed by atoms with Crippen molar-refractivity contribution < 1.29 is 72.2 Å². The van der Waals surface area contributed by atoms with Gasteiger partial charge >= 0.3 is 24.8 Å². The number of rotatable bonds is 11. The molecule has 0 aliphatic carbocycles. The van der Waals surface area contributed by atoms with Gasteiger partial charge in [0.05, 0.1) is 42.3 Å². The third-order valence-electron chi connectivity index (χ3n) is 15.4. The Labute approximate surface area is 512 Å². The number of nitrogens with one attached hydrogen (secondary N) is 6. The van der Waals surface area contributed by atoms with Crippen LogP contribution in [0.15, 0.2) is 109 Å². The maximum Gasteiger partial charge on any atom is 1.00 e. The molecule has 21 nitrogen and oxygen atoms in total. The van der Waals surface area contributed by atoms with Crippen LogP contribution in [0.25, 0.3) is 44.1 Å². The summed E-state index contributed by atoms with van der Waals surface area (Å²) in [4.78, 5) is 112. The van der Waals surface area contributed by atoms with Crippen LogP contribution in [-0.4, -0.2) is 122 Å². The number of nitrogens with zero attached hydrogens (tertiary/aromatic N) is 4. The third-order valence-corrected chi connectivity index (χ3v) is 15.4. The van der Waals surface area contributed by atoms with E-state index in [1.165, 1.54) is 16.9 Å². The molecule has 22 heteroatoms. The number of aliphatic hydroxyl groups excluding tert-OH is 1. The van der Waals surface area contributed by atoms with Crippen LogP contribution in [0.3, 0.4) is 0 Å². The molecule has 8 atom stereocenters. The van der Waals surface area contributed by atoms with E-state index in [4.69, 9.17) is 4.74 Å². The zero-order valence-electron chi connectivity index (χ0n) is 50.1. The number of aliphatic hydroxyl groups is 1. The smallest absolute Gasteiger partial charge is 0.548 e. The van der Waals surface area contributed by atoms with Crippen LogP contribution in [0.5, 0.6) is 0 Å². The zero-order valence-corrected chi connectivity index (χ0v) is 50.1. The summed E-state index contributed by atoms with van der Waals surface area (Å²) in [7, 11) is 0. The van der Waals surface area contributed by atoms with Gasteiger partial charge in [0.2, 0.25) is 23.6 Å². The van der Waals surface area contributed by atoms with E-state index in [-0.39, 0.29) is 61.3 Å². The van der Waals surface area contributed by atoms with Crippen LogP contribution in [-0.2, 0) is 55.9 Å². The Hall–Kier alpha value is -8.06. The molecule has 4 aromatic carbocycles. The fraction of sp³-hybridized carbons (Fsp3) is 0.406. The third kappa shape index (κ3) is 16.7. The number of hydrazine groups is 2. The molecule has 0 unspecified atom stereocenters. The van der Waals surface area contributed by atoms with E-state index in [9.17, 15) is 48.6 Å². The number of cyclic esters (lactones) is 1. The summed E-state index contributed by atoms with van der Waals surface area (Å²) in [6.07, 6.45) is 4.54. The molecule has 0 spiro atoms. The van der Waals surface area contributed by atoms with Crippen LogP contribution in [0.1, 0.15) is 116 Å². The standard InChI is InChI=1S/C32H39N5O6.C32H37N5O5.Li/c1-18(2)29(30(40)34-19(3)31(41)37-12-6-9-26(36-37)32(42)43)35-28(39)14-21-7-5-8-23(13-21)27-16-25-15-22(20(4)38)10-11-24(25)17-33-27;1-18(2)29-30(39)34-19(3)31(40)37-12-6-9-26(36-37)32(41)42-20(4)22-10-11-24-17-33-27(16-25(24)15-22)23-8-5-7-21(13-23)14-28(38)35-29;/h5,7-8,10-11,13,15-20,26,29,36,38H,6,9,12,14H2,1-4H3,(H,34,40)(H,35,39)(H,42,43);5,7-8,10-11,13,15-20,26,29,36H,6,9,12,14H2,1-4H3,(H,34,39)(H,35,38);/q;;+1/p-1/t2*19-,20+,26-,29-;/m00./s1. The number of aliphatic carboxylic acids is 1. The average molecular weight is 1170 g/mol. The molecule has 0 saturated carbocycles. The Morgan fingerprint density at radius 1 is 0.744 bits per heavy atom. The number of esters is 1. The van der Waals surface area contributed by atoms with E-state index in [0.29, 0.717) is 38.8 Å². The first kappa shape index (κ1) is 65.5. The number of carbonyl (C=O) groups excluding carboxylic acids is 8. The van der Waals surface area contributed by atoms with Crippen molar-refractivity contribution in [1.29, 1.82) is 0 Å². The summed E-state index contributed by atoms with van der Waals surface area (Å²) in [6, 6.07) is 25.3. The molecule has 2 saturated heterocycles. The number of carbonyl (C=O) groups is 8. The van der Waals surface area contributed by atoms with Gasteiger partial charge in [0.25, 0.3) is 11.8 Å². The van der Waals surface area contributed by atoms with Gasteiger partial charge < -0.3 is 41.0 Å². The Kier molecular flexibility index (Phi) is 22.4. The largest absolute Gasteiger partial charge is 1.00 e. The van der Waals surface area contributed by atoms with Crippen LogP contribution >= 0.6 is 0 Å². The van der Waals surface area contributed by atoms with Gasteiger partial charge in [0.15, 0.2) is 0 Å². The van der Waals surface area contributed by atoms with Gasteiger partial charge in [-0.15, -0.1) is 0 Å². The Bertz CT molecular complexity index is 3490. The predicted molar refractivity (Wildman–Crippen MR) is 316 cm³/mol. The number of hydrogen-bond donors (Lipinski definition) is 7. The van der Waals surface area contributed by atoms with Crippen molar-refractivity contribution >= 4 is 68.9 Å². The number of fused-ring (bicyclic) bond motifs is 8. The van der Waals surface area contributed by atoms with Crippen LogP contribution in [0, 0.1) is 11.8 Å². The first-order chi connectivity index (χ1) is 40.5. The summed E-state index contributed by atoms with van der Waals surface area (Å²) in [5, 5.41) is 38.5. The molecule has 3 aliphatic rings. The Balaban J connectivity index is 0.000000243. The van der Waals surface area contributed by atoms with Gasteiger partial charge in [0.1, 0.15) is 36.3 Å². The molecule has 6 aromatic rings. The van der Waals surface area contributed by atoms with Gasteiger partial charge in [-0.3, -0.25) is 53.5 Å². The molecule has 448 valence electrons. The van der Waals surface area contributed by atoms with Crippen LogP contribution < -0.4 is 56.1 Å². The van der Waals surface area contributed by atoms with Crippen molar-refractivity contribution in [2.24, 2.45) is 11.8 Å². The first-order valence-electron chi connectivity index (χ1n) is 28.9. The van der Waals surface area contributed by atoms with Crippen molar-refractivity contribution in [3.63, 3.8) is 0 Å². The topological polar surface area (TPSA) is 294 Å². The van der Waals surface area contributed by atoms with Crippen molar-refractivity contribution in [1.82, 2.24) is 52.1 Å². The zero-order chi connectivity index (χ0) is 61.2.